The SMILES string of the molecule is CCCNCCC(C)(CNC)OC. The van der Waals surface area contributed by atoms with Crippen molar-refractivity contribution in [3.63, 3.8) is 0 Å². The smallest absolute Gasteiger partial charge is 0.0786 e. The molecule has 0 heterocycles. The van der Waals surface area contributed by atoms with E-state index in [1.54, 1.807) is 7.11 Å². The zero-order chi connectivity index (χ0) is 10.2. The highest BCUT2D eigenvalue weighted by Gasteiger charge is 2.21. The number of nitrogens with one attached hydrogen (secondary N) is 2. The lowest BCUT2D eigenvalue weighted by Crippen LogP contribution is -2.40. The minimum atomic E-state index is -0.0323. The van der Waals surface area contributed by atoms with E-state index in [4.69, 9.17) is 4.74 Å². The molecule has 3 nitrogen and oxygen atoms in total. The molecule has 13 heavy (non-hydrogen) atoms. The molecule has 0 spiro atoms. The maximum atomic E-state index is 5.46. The van der Waals surface area contributed by atoms with Crippen LogP contribution in [0.1, 0.15) is 26.7 Å². The van der Waals surface area contributed by atoms with Crippen molar-refractivity contribution in [1.82, 2.24) is 10.6 Å². The van der Waals surface area contributed by atoms with Crippen molar-refractivity contribution in [1.29, 1.82) is 0 Å². The third kappa shape index (κ3) is 6.02. The van der Waals surface area contributed by atoms with Gasteiger partial charge in [-0.3, -0.25) is 0 Å². The molecule has 0 bridgehead atoms. The summed E-state index contributed by atoms with van der Waals surface area (Å²) >= 11 is 0. The van der Waals surface area contributed by atoms with E-state index >= 15 is 0 Å². The van der Waals surface area contributed by atoms with Gasteiger partial charge in [0.25, 0.3) is 0 Å². The Hall–Kier alpha value is -0.120. The van der Waals surface area contributed by atoms with Gasteiger partial charge in [-0.2, -0.15) is 0 Å². The van der Waals surface area contributed by atoms with Crippen molar-refractivity contribution in [3.05, 3.63) is 0 Å². The molecule has 0 amide bonds. The summed E-state index contributed by atoms with van der Waals surface area (Å²) in [6.45, 7) is 7.34. The van der Waals surface area contributed by atoms with Crippen molar-refractivity contribution in [2.75, 3.05) is 33.8 Å². The molecule has 0 aromatic heterocycles. The molecule has 0 aromatic carbocycles. The van der Waals surface area contributed by atoms with E-state index in [-0.39, 0.29) is 5.60 Å². The molecular formula is C10H24N2O. The van der Waals surface area contributed by atoms with E-state index in [9.17, 15) is 0 Å². The van der Waals surface area contributed by atoms with Gasteiger partial charge in [0.2, 0.25) is 0 Å². The summed E-state index contributed by atoms with van der Waals surface area (Å²) in [6.07, 6.45) is 2.24. The number of ether oxygens (including phenoxy) is 1. The fourth-order valence-electron chi connectivity index (χ4n) is 1.29. The second kappa shape index (κ2) is 7.30. The molecule has 0 aliphatic heterocycles. The summed E-state index contributed by atoms with van der Waals surface area (Å²) in [5.74, 6) is 0. The first kappa shape index (κ1) is 12.9. The third-order valence-electron chi connectivity index (χ3n) is 2.30. The van der Waals surface area contributed by atoms with E-state index in [0.29, 0.717) is 0 Å². The summed E-state index contributed by atoms with van der Waals surface area (Å²) in [6, 6.07) is 0. The molecule has 1 unspecified atom stereocenters. The average molecular weight is 188 g/mol. The highest BCUT2D eigenvalue weighted by molar-refractivity contribution is 4.77. The van der Waals surface area contributed by atoms with Gasteiger partial charge in [0, 0.05) is 13.7 Å². The Balaban J connectivity index is 3.57. The quantitative estimate of drug-likeness (QED) is 0.558. The van der Waals surface area contributed by atoms with Gasteiger partial charge in [0.15, 0.2) is 0 Å². The van der Waals surface area contributed by atoms with Crippen LogP contribution in [0.2, 0.25) is 0 Å². The molecule has 0 radical (unpaired) electrons. The highest BCUT2D eigenvalue weighted by Crippen LogP contribution is 2.11. The molecule has 3 heteroatoms. The first-order chi connectivity index (χ1) is 6.18. The number of likely N-dealkylation sites (N-methyl/N-ethyl adjacent to an activating group) is 1. The lowest BCUT2D eigenvalue weighted by molar-refractivity contribution is 0.00166. The normalized spacial score (nSPS) is 15.7. The Morgan fingerprint density at radius 3 is 2.46 bits per heavy atom. The van der Waals surface area contributed by atoms with E-state index in [0.717, 1.165) is 26.1 Å². The maximum absolute atomic E-state index is 5.46. The van der Waals surface area contributed by atoms with Crippen LogP contribution in [0.4, 0.5) is 0 Å². The number of hydrogen-bond donors (Lipinski definition) is 2. The average Bonchev–Trinajstić information content (AvgIpc) is 2.13. The molecule has 0 saturated carbocycles. The van der Waals surface area contributed by atoms with E-state index in [1.165, 1.54) is 6.42 Å². The Kier molecular flexibility index (Phi) is 7.23. The molecule has 0 aromatic rings. The van der Waals surface area contributed by atoms with Crippen LogP contribution in [0.15, 0.2) is 0 Å². The molecule has 0 aliphatic carbocycles. The van der Waals surface area contributed by atoms with Gasteiger partial charge in [-0.1, -0.05) is 6.92 Å². The summed E-state index contributed by atoms with van der Waals surface area (Å²) < 4.78 is 5.46. The molecule has 0 aliphatic rings. The van der Waals surface area contributed by atoms with Crippen LogP contribution < -0.4 is 10.6 Å². The number of methoxy groups -OCH3 is 1. The van der Waals surface area contributed by atoms with Gasteiger partial charge in [-0.15, -0.1) is 0 Å². The predicted octanol–water partition coefficient (Wildman–Crippen LogP) is 1.00. The zero-order valence-electron chi connectivity index (χ0n) is 9.44. The minimum absolute atomic E-state index is 0.0323. The summed E-state index contributed by atoms with van der Waals surface area (Å²) in [5.41, 5.74) is -0.0323. The summed E-state index contributed by atoms with van der Waals surface area (Å²) in [7, 11) is 3.73. The van der Waals surface area contributed by atoms with E-state index < -0.39 is 0 Å². The van der Waals surface area contributed by atoms with Gasteiger partial charge >= 0.3 is 0 Å². The Labute approximate surface area is 82.2 Å². The van der Waals surface area contributed by atoms with Crippen LogP contribution in [0, 0.1) is 0 Å². The number of rotatable bonds is 8. The third-order valence-corrected chi connectivity index (χ3v) is 2.30. The Morgan fingerprint density at radius 2 is 2.00 bits per heavy atom. The predicted molar refractivity (Wildman–Crippen MR) is 57.1 cm³/mol. The van der Waals surface area contributed by atoms with Crippen molar-refractivity contribution < 1.29 is 4.74 Å². The summed E-state index contributed by atoms with van der Waals surface area (Å²) in [5, 5.41) is 6.52. The van der Waals surface area contributed by atoms with Gasteiger partial charge < -0.3 is 15.4 Å². The van der Waals surface area contributed by atoms with Gasteiger partial charge in [-0.25, -0.2) is 0 Å². The maximum Gasteiger partial charge on any atom is 0.0786 e. The van der Waals surface area contributed by atoms with Crippen LogP contribution in [0.5, 0.6) is 0 Å². The van der Waals surface area contributed by atoms with Crippen LogP contribution in [0.3, 0.4) is 0 Å². The fourth-order valence-corrected chi connectivity index (χ4v) is 1.29. The first-order valence-corrected chi connectivity index (χ1v) is 5.09. The standard InChI is InChI=1S/C10H24N2O/c1-5-7-12-8-6-10(2,13-4)9-11-3/h11-12H,5-9H2,1-4H3. The van der Waals surface area contributed by atoms with Crippen molar-refractivity contribution >= 4 is 0 Å². The molecule has 2 N–H and O–H groups in total. The lowest BCUT2D eigenvalue weighted by atomic mass is 10.0. The topological polar surface area (TPSA) is 33.3 Å². The van der Waals surface area contributed by atoms with Crippen LogP contribution in [-0.2, 0) is 4.74 Å². The highest BCUT2D eigenvalue weighted by atomic mass is 16.5. The molecular weight excluding hydrogens is 164 g/mol. The second-order valence-electron chi connectivity index (χ2n) is 3.68. The van der Waals surface area contributed by atoms with Crippen LogP contribution >= 0.6 is 0 Å². The Bertz CT molecular complexity index is 119. The number of hydrogen-bond acceptors (Lipinski definition) is 3. The van der Waals surface area contributed by atoms with E-state index in [1.807, 2.05) is 7.05 Å². The Morgan fingerprint density at radius 1 is 1.31 bits per heavy atom. The molecule has 1 atom stereocenters. The largest absolute Gasteiger partial charge is 0.377 e. The van der Waals surface area contributed by atoms with Crippen LogP contribution in [0.25, 0.3) is 0 Å². The summed E-state index contributed by atoms with van der Waals surface area (Å²) in [4.78, 5) is 0. The molecule has 0 saturated heterocycles. The van der Waals surface area contributed by atoms with Gasteiger partial charge in [-0.05, 0) is 39.9 Å². The van der Waals surface area contributed by atoms with Gasteiger partial charge in [0.1, 0.15) is 0 Å². The minimum Gasteiger partial charge on any atom is -0.377 e. The molecule has 0 rings (SSSR count). The zero-order valence-corrected chi connectivity index (χ0v) is 9.44. The second-order valence-corrected chi connectivity index (χ2v) is 3.68. The lowest BCUT2D eigenvalue weighted by Gasteiger charge is -2.27. The molecule has 80 valence electrons. The van der Waals surface area contributed by atoms with Crippen molar-refractivity contribution in [2.24, 2.45) is 0 Å². The monoisotopic (exact) mass is 188 g/mol. The fraction of sp³-hybridized carbons (Fsp3) is 1.00. The van der Waals surface area contributed by atoms with E-state index in [2.05, 4.69) is 24.5 Å². The first-order valence-electron chi connectivity index (χ1n) is 5.09. The van der Waals surface area contributed by atoms with Gasteiger partial charge in [0.05, 0.1) is 5.60 Å². The van der Waals surface area contributed by atoms with Crippen LogP contribution in [-0.4, -0.2) is 39.4 Å². The van der Waals surface area contributed by atoms with Crippen molar-refractivity contribution in [2.45, 2.75) is 32.3 Å². The van der Waals surface area contributed by atoms with Crippen molar-refractivity contribution in [3.8, 4) is 0 Å². The molecule has 0 fully saturated rings.